The molecule has 2 N–H and O–H groups in total. The fourth-order valence-corrected chi connectivity index (χ4v) is 4.17. The number of thioether (sulfide) groups is 1. The SMILES string of the molecule is CSC1CCCC1NC(=O)NCCCc1c(C)nn(C)c1C. The van der Waals surface area contributed by atoms with Crippen molar-refractivity contribution in [3.63, 3.8) is 0 Å². The topological polar surface area (TPSA) is 59.0 Å². The molecule has 2 rings (SSSR count). The van der Waals surface area contributed by atoms with E-state index in [0.717, 1.165) is 25.0 Å². The summed E-state index contributed by atoms with van der Waals surface area (Å²) < 4.78 is 1.92. The normalized spacial score (nSPS) is 21.1. The Morgan fingerprint density at radius 1 is 1.41 bits per heavy atom. The number of nitrogens with zero attached hydrogens (tertiary/aromatic N) is 2. The first-order valence-electron chi connectivity index (χ1n) is 8.09. The molecule has 0 aromatic carbocycles. The average Bonchev–Trinajstić information content (AvgIpc) is 3.02. The van der Waals surface area contributed by atoms with Crippen LogP contribution in [0, 0.1) is 13.8 Å². The van der Waals surface area contributed by atoms with Crippen molar-refractivity contribution in [2.45, 2.75) is 57.2 Å². The first kappa shape index (κ1) is 17.2. The van der Waals surface area contributed by atoms with Gasteiger partial charge in [-0.1, -0.05) is 6.42 Å². The van der Waals surface area contributed by atoms with Crippen molar-refractivity contribution in [2.24, 2.45) is 7.05 Å². The minimum atomic E-state index is -0.0226. The van der Waals surface area contributed by atoms with E-state index < -0.39 is 0 Å². The number of aryl methyl sites for hydroxylation is 2. The van der Waals surface area contributed by atoms with E-state index in [2.05, 4.69) is 28.9 Å². The maximum absolute atomic E-state index is 12.0. The number of amides is 2. The molecule has 1 heterocycles. The van der Waals surface area contributed by atoms with Gasteiger partial charge in [-0.15, -0.1) is 0 Å². The van der Waals surface area contributed by atoms with Gasteiger partial charge >= 0.3 is 6.03 Å². The van der Waals surface area contributed by atoms with Crippen molar-refractivity contribution < 1.29 is 4.79 Å². The molecule has 5 nitrogen and oxygen atoms in total. The van der Waals surface area contributed by atoms with Gasteiger partial charge in [-0.05, 0) is 51.3 Å². The van der Waals surface area contributed by atoms with Gasteiger partial charge in [0.15, 0.2) is 0 Å². The molecule has 2 atom stereocenters. The molecule has 0 spiro atoms. The summed E-state index contributed by atoms with van der Waals surface area (Å²) in [5.41, 5.74) is 3.62. The minimum Gasteiger partial charge on any atom is -0.338 e. The van der Waals surface area contributed by atoms with Gasteiger partial charge in [0.1, 0.15) is 0 Å². The summed E-state index contributed by atoms with van der Waals surface area (Å²) in [5.74, 6) is 0. The number of carbonyl (C=O) groups excluding carboxylic acids is 1. The standard InChI is InChI=1S/C16H28N4OS/c1-11-13(12(2)20(3)19-11)7-6-10-17-16(21)18-14-8-5-9-15(14)22-4/h14-15H,5-10H2,1-4H3,(H2,17,18,21). The van der Waals surface area contributed by atoms with Crippen LogP contribution in [0.1, 0.15) is 42.6 Å². The second-order valence-corrected chi connectivity index (χ2v) is 7.17. The lowest BCUT2D eigenvalue weighted by atomic mass is 10.1. The third kappa shape index (κ3) is 4.18. The van der Waals surface area contributed by atoms with E-state index >= 15 is 0 Å². The Morgan fingerprint density at radius 3 is 2.82 bits per heavy atom. The summed E-state index contributed by atoms with van der Waals surface area (Å²) in [5, 5.41) is 11.1. The quantitative estimate of drug-likeness (QED) is 0.791. The van der Waals surface area contributed by atoms with E-state index in [1.165, 1.54) is 24.1 Å². The molecule has 22 heavy (non-hydrogen) atoms. The highest BCUT2D eigenvalue weighted by molar-refractivity contribution is 7.99. The molecule has 0 radical (unpaired) electrons. The maximum atomic E-state index is 12.0. The molecule has 0 bridgehead atoms. The zero-order chi connectivity index (χ0) is 16.1. The molecule has 2 amide bonds. The third-order valence-electron chi connectivity index (χ3n) is 4.62. The third-order valence-corrected chi connectivity index (χ3v) is 5.79. The predicted molar refractivity (Wildman–Crippen MR) is 92.5 cm³/mol. The molecule has 0 saturated heterocycles. The molecular weight excluding hydrogens is 296 g/mol. The van der Waals surface area contributed by atoms with Gasteiger partial charge < -0.3 is 10.6 Å². The largest absolute Gasteiger partial charge is 0.338 e. The molecule has 124 valence electrons. The van der Waals surface area contributed by atoms with Gasteiger partial charge in [-0.2, -0.15) is 16.9 Å². The van der Waals surface area contributed by atoms with Crippen molar-refractivity contribution in [1.29, 1.82) is 0 Å². The highest BCUT2D eigenvalue weighted by Gasteiger charge is 2.27. The zero-order valence-corrected chi connectivity index (χ0v) is 14.9. The lowest BCUT2D eigenvalue weighted by Crippen LogP contribution is -2.44. The summed E-state index contributed by atoms with van der Waals surface area (Å²) in [7, 11) is 1.97. The molecule has 1 aromatic heterocycles. The summed E-state index contributed by atoms with van der Waals surface area (Å²) in [6, 6.07) is 0.309. The highest BCUT2D eigenvalue weighted by Crippen LogP contribution is 2.28. The molecule has 1 fully saturated rings. The Labute approximate surface area is 137 Å². The Balaban J connectivity index is 1.69. The number of carbonyl (C=O) groups is 1. The number of rotatable bonds is 6. The van der Waals surface area contributed by atoms with Gasteiger partial charge in [0.2, 0.25) is 0 Å². The van der Waals surface area contributed by atoms with Gasteiger partial charge in [0.05, 0.1) is 5.69 Å². The Hall–Kier alpha value is -1.17. The van der Waals surface area contributed by atoms with E-state index in [4.69, 9.17) is 0 Å². The van der Waals surface area contributed by atoms with Crippen LogP contribution >= 0.6 is 11.8 Å². The molecule has 6 heteroatoms. The molecule has 0 aliphatic heterocycles. The fraction of sp³-hybridized carbons (Fsp3) is 0.750. The van der Waals surface area contributed by atoms with Crippen LogP contribution in [0.15, 0.2) is 0 Å². The number of nitrogens with one attached hydrogen (secondary N) is 2. The van der Waals surface area contributed by atoms with Crippen LogP contribution in [0.5, 0.6) is 0 Å². The molecule has 1 aliphatic carbocycles. The minimum absolute atomic E-state index is 0.0226. The van der Waals surface area contributed by atoms with E-state index in [1.807, 2.05) is 30.4 Å². The Kier molecular flexibility index (Phi) is 6.17. The fourth-order valence-electron chi connectivity index (χ4n) is 3.24. The Bertz CT molecular complexity index is 514. The predicted octanol–water partition coefficient (Wildman–Crippen LogP) is 2.55. The number of hydrogen-bond donors (Lipinski definition) is 2. The molecule has 1 aromatic rings. The molecule has 2 unspecified atom stereocenters. The van der Waals surface area contributed by atoms with Crippen LogP contribution in [-0.2, 0) is 13.5 Å². The number of hydrogen-bond acceptors (Lipinski definition) is 3. The summed E-state index contributed by atoms with van der Waals surface area (Å²) >= 11 is 1.86. The van der Waals surface area contributed by atoms with Gasteiger partial charge in [0, 0.05) is 30.6 Å². The maximum Gasteiger partial charge on any atom is 0.315 e. The van der Waals surface area contributed by atoms with Crippen LogP contribution in [-0.4, -0.2) is 39.9 Å². The van der Waals surface area contributed by atoms with E-state index in [1.54, 1.807) is 0 Å². The van der Waals surface area contributed by atoms with Crippen LogP contribution in [0.3, 0.4) is 0 Å². The van der Waals surface area contributed by atoms with E-state index in [-0.39, 0.29) is 6.03 Å². The average molecular weight is 324 g/mol. The van der Waals surface area contributed by atoms with Crippen LogP contribution in [0.2, 0.25) is 0 Å². The summed E-state index contributed by atoms with van der Waals surface area (Å²) in [4.78, 5) is 12.0. The van der Waals surface area contributed by atoms with E-state index in [0.29, 0.717) is 17.8 Å². The smallest absolute Gasteiger partial charge is 0.315 e. The lowest BCUT2D eigenvalue weighted by molar-refractivity contribution is 0.237. The zero-order valence-electron chi connectivity index (χ0n) is 14.1. The monoisotopic (exact) mass is 324 g/mol. The summed E-state index contributed by atoms with van der Waals surface area (Å²) in [6.45, 7) is 4.85. The van der Waals surface area contributed by atoms with Crippen molar-refractivity contribution in [2.75, 3.05) is 12.8 Å². The summed E-state index contributed by atoms with van der Waals surface area (Å²) in [6.07, 6.45) is 7.57. The molecule has 1 saturated carbocycles. The Morgan fingerprint density at radius 2 is 2.18 bits per heavy atom. The van der Waals surface area contributed by atoms with Crippen molar-refractivity contribution in [3.05, 3.63) is 17.0 Å². The van der Waals surface area contributed by atoms with Crippen molar-refractivity contribution in [3.8, 4) is 0 Å². The van der Waals surface area contributed by atoms with Gasteiger partial charge in [-0.3, -0.25) is 4.68 Å². The first-order chi connectivity index (χ1) is 10.5. The van der Waals surface area contributed by atoms with Crippen molar-refractivity contribution in [1.82, 2.24) is 20.4 Å². The molecular formula is C16H28N4OS. The first-order valence-corrected chi connectivity index (χ1v) is 9.38. The number of aromatic nitrogens is 2. The number of urea groups is 1. The highest BCUT2D eigenvalue weighted by atomic mass is 32.2. The van der Waals surface area contributed by atoms with Gasteiger partial charge in [-0.25, -0.2) is 4.79 Å². The lowest BCUT2D eigenvalue weighted by Gasteiger charge is -2.19. The van der Waals surface area contributed by atoms with Crippen LogP contribution < -0.4 is 10.6 Å². The second kappa shape index (κ2) is 7.90. The van der Waals surface area contributed by atoms with E-state index in [9.17, 15) is 4.79 Å². The molecule has 1 aliphatic rings. The van der Waals surface area contributed by atoms with Crippen LogP contribution in [0.25, 0.3) is 0 Å². The second-order valence-electron chi connectivity index (χ2n) is 6.09. The van der Waals surface area contributed by atoms with Crippen molar-refractivity contribution >= 4 is 17.8 Å². The van der Waals surface area contributed by atoms with Crippen LogP contribution in [0.4, 0.5) is 4.79 Å². The van der Waals surface area contributed by atoms with Gasteiger partial charge in [0.25, 0.3) is 0 Å².